The topological polar surface area (TPSA) is 81.2 Å². The lowest BCUT2D eigenvalue weighted by molar-refractivity contribution is 0.0767. The maximum Gasteiger partial charge on any atom is 0.278 e. The molecule has 1 saturated heterocycles. The molecule has 1 unspecified atom stereocenters. The van der Waals surface area contributed by atoms with Crippen LogP contribution in [0.5, 0.6) is 0 Å². The third kappa shape index (κ3) is 3.03. The first kappa shape index (κ1) is 18.4. The minimum absolute atomic E-state index is 0. The zero-order valence-electron chi connectivity index (χ0n) is 14.0. The van der Waals surface area contributed by atoms with Gasteiger partial charge in [0.25, 0.3) is 5.91 Å². The molecular formula is C17H23ClN4O2. The molecule has 0 aliphatic carbocycles. The number of benzene rings is 1. The van der Waals surface area contributed by atoms with Crippen molar-refractivity contribution in [3.63, 3.8) is 0 Å². The second kappa shape index (κ2) is 6.91. The average Bonchev–Trinajstić information content (AvgIpc) is 2.98. The van der Waals surface area contributed by atoms with Gasteiger partial charge < -0.3 is 10.6 Å². The minimum atomic E-state index is -0.295. The van der Waals surface area contributed by atoms with Crippen molar-refractivity contribution in [2.45, 2.75) is 26.8 Å². The number of carbonyl (C=O) groups is 1. The third-order valence-corrected chi connectivity index (χ3v) is 4.70. The minimum Gasteiger partial charge on any atom is -0.337 e. The molecule has 0 spiro atoms. The number of aromatic nitrogens is 2. The fraction of sp³-hybridized carbons (Fsp3) is 0.471. The van der Waals surface area contributed by atoms with Crippen molar-refractivity contribution >= 4 is 29.2 Å². The third-order valence-electron chi connectivity index (χ3n) is 4.70. The molecule has 2 heterocycles. The quantitative estimate of drug-likeness (QED) is 0.912. The van der Waals surface area contributed by atoms with Crippen LogP contribution in [-0.2, 0) is 6.54 Å². The van der Waals surface area contributed by atoms with Crippen LogP contribution in [0.1, 0.15) is 30.8 Å². The Labute approximate surface area is 147 Å². The van der Waals surface area contributed by atoms with Gasteiger partial charge in [0.05, 0.1) is 5.52 Å². The van der Waals surface area contributed by atoms with Gasteiger partial charge in [-0.3, -0.25) is 14.3 Å². The van der Waals surface area contributed by atoms with Crippen LogP contribution in [-0.4, -0.2) is 40.2 Å². The molecule has 1 fully saturated rings. The highest BCUT2D eigenvalue weighted by Gasteiger charge is 2.36. The summed E-state index contributed by atoms with van der Waals surface area (Å²) in [6, 6.07) is 7.27. The van der Waals surface area contributed by atoms with Crippen LogP contribution in [0.15, 0.2) is 29.1 Å². The molecular weight excluding hydrogens is 328 g/mol. The number of nitrogens with two attached hydrogens (primary N) is 1. The fourth-order valence-corrected chi connectivity index (χ4v) is 3.13. The summed E-state index contributed by atoms with van der Waals surface area (Å²) in [4.78, 5) is 27.2. The predicted octanol–water partition coefficient (Wildman–Crippen LogP) is 1.65. The van der Waals surface area contributed by atoms with Crippen LogP contribution in [0.4, 0.5) is 0 Å². The highest BCUT2D eigenvalue weighted by atomic mass is 35.5. The maximum absolute atomic E-state index is 12.8. The normalized spacial score (nSPS) is 20.2. The first-order valence-corrected chi connectivity index (χ1v) is 7.98. The van der Waals surface area contributed by atoms with Crippen LogP contribution < -0.4 is 11.2 Å². The number of likely N-dealkylation sites (tertiary alicyclic amines) is 1. The van der Waals surface area contributed by atoms with Gasteiger partial charge in [-0.2, -0.15) is 5.10 Å². The van der Waals surface area contributed by atoms with Crippen LogP contribution in [0, 0.1) is 5.41 Å². The van der Waals surface area contributed by atoms with Gasteiger partial charge in [0.1, 0.15) is 0 Å². The molecule has 1 amide bonds. The summed E-state index contributed by atoms with van der Waals surface area (Å²) in [5.74, 6) is -0.292. The van der Waals surface area contributed by atoms with Gasteiger partial charge in [0.2, 0.25) is 5.43 Å². The smallest absolute Gasteiger partial charge is 0.278 e. The summed E-state index contributed by atoms with van der Waals surface area (Å²) in [5, 5.41) is 4.85. The Morgan fingerprint density at radius 2 is 2.08 bits per heavy atom. The number of amides is 1. The van der Waals surface area contributed by atoms with E-state index in [1.54, 1.807) is 21.7 Å². The van der Waals surface area contributed by atoms with Crippen molar-refractivity contribution < 1.29 is 4.79 Å². The summed E-state index contributed by atoms with van der Waals surface area (Å²) in [7, 11) is 0. The number of halogens is 1. The van der Waals surface area contributed by atoms with E-state index in [9.17, 15) is 9.59 Å². The number of para-hydroxylation sites is 1. The number of hydrogen-bond donors (Lipinski definition) is 1. The summed E-state index contributed by atoms with van der Waals surface area (Å²) < 4.78 is 1.71. The van der Waals surface area contributed by atoms with Crippen molar-refractivity contribution in [3.8, 4) is 0 Å². The molecule has 6 nitrogen and oxygen atoms in total. The Hall–Kier alpha value is -1.92. The standard InChI is InChI=1S/C17H22N4O2.ClH/c1-3-21-13-7-5-4-6-12(13)15(22)14(19-21)16(23)20-9-8-17(2,10-18)11-20;/h4-7H,3,8-11,18H2,1-2H3;1H. The van der Waals surface area contributed by atoms with E-state index < -0.39 is 0 Å². The molecule has 0 bridgehead atoms. The van der Waals surface area contributed by atoms with Gasteiger partial charge in [-0.05, 0) is 37.4 Å². The maximum atomic E-state index is 12.8. The molecule has 1 aromatic heterocycles. The van der Waals surface area contributed by atoms with Crippen LogP contribution in [0.2, 0.25) is 0 Å². The molecule has 1 aromatic carbocycles. The number of rotatable bonds is 3. The molecule has 1 aliphatic heterocycles. The Bertz CT molecular complexity index is 820. The van der Waals surface area contributed by atoms with E-state index in [1.807, 2.05) is 19.1 Å². The Kier molecular flexibility index (Phi) is 5.30. The highest BCUT2D eigenvalue weighted by Crippen LogP contribution is 2.29. The summed E-state index contributed by atoms with van der Waals surface area (Å²) >= 11 is 0. The number of aryl methyl sites for hydroxylation is 1. The van der Waals surface area contributed by atoms with Crippen LogP contribution >= 0.6 is 12.4 Å². The summed E-state index contributed by atoms with van der Waals surface area (Å²) in [5.41, 5.74) is 6.19. The van der Waals surface area contributed by atoms with Gasteiger partial charge in [-0.25, -0.2) is 0 Å². The predicted molar refractivity (Wildman–Crippen MR) is 96.6 cm³/mol. The molecule has 1 atom stereocenters. The van der Waals surface area contributed by atoms with Crippen LogP contribution in [0.3, 0.4) is 0 Å². The van der Waals surface area contributed by atoms with Gasteiger partial charge in [-0.15, -0.1) is 12.4 Å². The molecule has 2 N–H and O–H groups in total. The second-order valence-corrected chi connectivity index (χ2v) is 6.50. The average molecular weight is 351 g/mol. The van der Waals surface area contributed by atoms with Gasteiger partial charge in [-0.1, -0.05) is 19.1 Å². The number of nitrogens with zero attached hydrogens (tertiary/aromatic N) is 3. The fourth-order valence-electron chi connectivity index (χ4n) is 3.13. The van der Waals surface area contributed by atoms with E-state index in [0.29, 0.717) is 31.6 Å². The van der Waals surface area contributed by atoms with E-state index in [-0.39, 0.29) is 34.9 Å². The van der Waals surface area contributed by atoms with Crippen molar-refractivity contribution in [2.24, 2.45) is 11.1 Å². The van der Waals surface area contributed by atoms with Crippen molar-refractivity contribution in [3.05, 3.63) is 40.2 Å². The molecule has 0 saturated carbocycles. The summed E-state index contributed by atoms with van der Waals surface area (Å²) in [6.45, 7) is 6.33. The van der Waals surface area contributed by atoms with Crippen molar-refractivity contribution in [1.29, 1.82) is 0 Å². The lowest BCUT2D eigenvalue weighted by atomic mass is 9.90. The van der Waals surface area contributed by atoms with E-state index in [0.717, 1.165) is 11.9 Å². The van der Waals surface area contributed by atoms with E-state index in [4.69, 9.17) is 5.73 Å². The number of fused-ring (bicyclic) bond motifs is 1. The van der Waals surface area contributed by atoms with E-state index in [2.05, 4.69) is 12.0 Å². The van der Waals surface area contributed by atoms with Gasteiger partial charge in [0.15, 0.2) is 5.69 Å². The molecule has 0 radical (unpaired) electrons. The molecule has 1 aliphatic rings. The van der Waals surface area contributed by atoms with E-state index in [1.165, 1.54) is 0 Å². The van der Waals surface area contributed by atoms with Gasteiger partial charge >= 0.3 is 0 Å². The SMILES string of the molecule is CCn1nc(C(=O)N2CCC(C)(CN)C2)c(=O)c2ccccc21.Cl. The first-order chi connectivity index (χ1) is 11.0. The first-order valence-electron chi connectivity index (χ1n) is 7.98. The Balaban J connectivity index is 0.00000208. The highest BCUT2D eigenvalue weighted by molar-refractivity contribution is 5.95. The molecule has 24 heavy (non-hydrogen) atoms. The van der Waals surface area contributed by atoms with Crippen molar-refractivity contribution in [1.82, 2.24) is 14.7 Å². The lowest BCUT2D eigenvalue weighted by Gasteiger charge is -2.22. The molecule has 130 valence electrons. The second-order valence-electron chi connectivity index (χ2n) is 6.50. The Morgan fingerprint density at radius 3 is 2.71 bits per heavy atom. The van der Waals surface area contributed by atoms with E-state index >= 15 is 0 Å². The largest absolute Gasteiger partial charge is 0.337 e. The Morgan fingerprint density at radius 1 is 1.38 bits per heavy atom. The lowest BCUT2D eigenvalue weighted by Crippen LogP contribution is -2.37. The molecule has 3 rings (SSSR count). The number of carbonyl (C=O) groups excluding carboxylic acids is 1. The zero-order valence-corrected chi connectivity index (χ0v) is 14.8. The van der Waals surface area contributed by atoms with Crippen LogP contribution in [0.25, 0.3) is 10.9 Å². The van der Waals surface area contributed by atoms with Crippen molar-refractivity contribution in [2.75, 3.05) is 19.6 Å². The molecule has 2 aromatic rings. The molecule has 7 heteroatoms. The number of hydrogen-bond acceptors (Lipinski definition) is 4. The van der Waals surface area contributed by atoms with Gasteiger partial charge in [0, 0.05) is 25.0 Å². The zero-order chi connectivity index (χ0) is 16.6. The summed E-state index contributed by atoms with van der Waals surface area (Å²) in [6.07, 6.45) is 0.852. The monoisotopic (exact) mass is 350 g/mol.